The molecular formula is C8H15NO4S. The van der Waals surface area contributed by atoms with E-state index < -0.39 is 15.8 Å². The fraction of sp³-hybridized carbons (Fsp3) is 0.875. The van der Waals surface area contributed by atoms with Gasteiger partial charge in [-0.2, -0.15) is 0 Å². The van der Waals surface area contributed by atoms with Crippen LogP contribution in [0.4, 0.5) is 0 Å². The normalized spacial score (nSPS) is 25.4. The topological polar surface area (TPSA) is 74.7 Å². The summed E-state index contributed by atoms with van der Waals surface area (Å²) in [6.45, 7) is 0.412. The second kappa shape index (κ2) is 4.27. The van der Waals surface area contributed by atoms with Gasteiger partial charge in [0.05, 0.1) is 17.9 Å². The van der Waals surface area contributed by atoms with Crippen LogP contribution in [0.15, 0.2) is 0 Å². The van der Waals surface area contributed by atoms with Crippen LogP contribution in [-0.4, -0.2) is 55.5 Å². The molecule has 1 fully saturated rings. The number of aliphatic carboxylic acids is 1. The van der Waals surface area contributed by atoms with Gasteiger partial charge in [-0.1, -0.05) is 0 Å². The highest BCUT2D eigenvalue weighted by atomic mass is 32.2. The van der Waals surface area contributed by atoms with Crippen LogP contribution < -0.4 is 0 Å². The molecule has 14 heavy (non-hydrogen) atoms. The summed E-state index contributed by atoms with van der Waals surface area (Å²) < 4.78 is 22.3. The first kappa shape index (κ1) is 11.5. The number of hydrogen-bond acceptors (Lipinski definition) is 4. The van der Waals surface area contributed by atoms with Gasteiger partial charge in [0, 0.05) is 12.6 Å². The molecule has 82 valence electrons. The zero-order chi connectivity index (χ0) is 10.8. The Hall–Kier alpha value is -0.620. The molecular weight excluding hydrogens is 206 g/mol. The average molecular weight is 221 g/mol. The molecule has 6 heteroatoms. The van der Waals surface area contributed by atoms with Crippen molar-refractivity contribution in [1.82, 2.24) is 4.90 Å². The summed E-state index contributed by atoms with van der Waals surface area (Å²) in [7, 11) is -1.10. The number of carboxylic acid groups (broad SMARTS) is 1. The van der Waals surface area contributed by atoms with Crippen LogP contribution in [0.3, 0.4) is 0 Å². The molecule has 1 saturated heterocycles. The fourth-order valence-electron chi connectivity index (χ4n) is 1.58. The highest BCUT2D eigenvalue weighted by Gasteiger charge is 2.30. The van der Waals surface area contributed by atoms with Gasteiger partial charge in [0.1, 0.15) is 0 Å². The molecule has 1 rings (SSSR count). The van der Waals surface area contributed by atoms with Crippen molar-refractivity contribution in [3.8, 4) is 0 Å². The Kier molecular flexibility index (Phi) is 3.49. The second-order valence-corrected chi connectivity index (χ2v) is 5.91. The summed E-state index contributed by atoms with van der Waals surface area (Å²) in [4.78, 5) is 12.1. The Labute approximate surface area is 83.6 Å². The summed E-state index contributed by atoms with van der Waals surface area (Å²) >= 11 is 0. The van der Waals surface area contributed by atoms with Crippen molar-refractivity contribution in [2.75, 3.05) is 25.1 Å². The van der Waals surface area contributed by atoms with Crippen molar-refractivity contribution in [1.29, 1.82) is 0 Å². The van der Waals surface area contributed by atoms with E-state index in [4.69, 9.17) is 5.11 Å². The number of sulfone groups is 1. The third-order valence-electron chi connectivity index (χ3n) is 2.51. The standard InChI is InChI=1S/C8H15NO4S/c1-9(4-2-8(10)11)7-3-5-14(12,13)6-7/h7H,2-6H2,1H3,(H,10,11)/t7-/m0/s1. The summed E-state index contributed by atoms with van der Waals surface area (Å²) in [6.07, 6.45) is 0.686. The first-order valence-electron chi connectivity index (χ1n) is 4.53. The van der Waals surface area contributed by atoms with Crippen LogP contribution in [-0.2, 0) is 14.6 Å². The van der Waals surface area contributed by atoms with E-state index in [1.807, 2.05) is 4.90 Å². The molecule has 1 atom stereocenters. The lowest BCUT2D eigenvalue weighted by Crippen LogP contribution is -2.34. The fourth-order valence-corrected chi connectivity index (χ4v) is 3.38. The van der Waals surface area contributed by atoms with E-state index in [9.17, 15) is 13.2 Å². The predicted molar refractivity (Wildman–Crippen MR) is 51.9 cm³/mol. The Balaban J connectivity index is 2.39. The van der Waals surface area contributed by atoms with Gasteiger partial charge in [-0.05, 0) is 13.5 Å². The average Bonchev–Trinajstić information content (AvgIpc) is 2.41. The SMILES string of the molecule is CN(CCC(=O)O)[C@H]1CCS(=O)(=O)C1. The van der Waals surface area contributed by atoms with Crippen molar-refractivity contribution in [2.24, 2.45) is 0 Å². The van der Waals surface area contributed by atoms with Gasteiger partial charge in [-0.25, -0.2) is 8.42 Å². The third-order valence-corrected chi connectivity index (χ3v) is 4.26. The molecule has 0 radical (unpaired) electrons. The molecule has 0 aromatic heterocycles. The molecule has 1 N–H and O–H groups in total. The van der Waals surface area contributed by atoms with Gasteiger partial charge in [-0.3, -0.25) is 4.79 Å². The van der Waals surface area contributed by atoms with Gasteiger partial charge in [0.2, 0.25) is 0 Å². The Bertz CT molecular complexity index is 311. The number of nitrogens with zero attached hydrogens (tertiary/aromatic N) is 1. The van der Waals surface area contributed by atoms with Crippen LogP contribution >= 0.6 is 0 Å². The van der Waals surface area contributed by atoms with Crippen LogP contribution in [0.2, 0.25) is 0 Å². The van der Waals surface area contributed by atoms with E-state index in [2.05, 4.69) is 0 Å². The quantitative estimate of drug-likeness (QED) is 0.698. The van der Waals surface area contributed by atoms with Gasteiger partial charge >= 0.3 is 5.97 Å². The summed E-state index contributed by atoms with van der Waals surface area (Å²) in [5, 5.41) is 8.46. The van der Waals surface area contributed by atoms with Gasteiger partial charge in [0.15, 0.2) is 9.84 Å². The van der Waals surface area contributed by atoms with Gasteiger partial charge < -0.3 is 10.0 Å². The van der Waals surface area contributed by atoms with E-state index in [-0.39, 0.29) is 24.0 Å². The molecule has 0 amide bonds. The van der Waals surface area contributed by atoms with E-state index in [1.54, 1.807) is 7.05 Å². The van der Waals surface area contributed by atoms with Crippen molar-refractivity contribution >= 4 is 15.8 Å². The van der Waals surface area contributed by atoms with Crippen molar-refractivity contribution in [3.63, 3.8) is 0 Å². The van der Waals surface area contributed by atoms with E-state index in [0.29, 0.717) is 13.0 Å². The molecule has 0 saturated carbocycles. The summed E-state index contributed by atoms with van der Waals surface area (Å²) in [6, 6.07) is -0.000602. The molecule has 0 spiro atoms. The van der Waals surface area contributed by atoms with Crippen LogP contribution in [0.25, 0.3) is 0 Å². The Morgan fingerprint density at radius 2 is 2.21 bits per heavy atom. The van der Waals surface area contributed by atoms with Crippen molar-refractivity contribution in [3.05, 3.63) is 0 Å². The zero-order valence-electron chi connectivity index (χ0n) is 8.14. The van der Waals surface area contributed by atoms with E-state index >= 15 is 0 Å². The second-order valence-electron chi connectivity index (χ2n) is 3.68. The predicted octanol–water partition coefficient (Wildman–Crippen LogP) is -0.420. The molecule has 0 bridgehead atoms. The van der Waals surface area contributed by atoms with E-state index in [0.717, 1.165) is 0 Å². The minimum Gasteiger partial charge on any atom is -0.481 e. The molecule has 0 aromatic carbocycles. The minimum absolute atomic E-state index is 0.000602. The molecule has 1 aliphatic rings. The molecule has 5 nitrogen and oxygen atoms in total. The Morgan fingerprint density at radius 1 is 1.57 bits per heavy atom. The highest BCUT2D eigenvalue weighted by molar-refractivity contribution is 7.91. The largest absolute Gasteiger partial charge is 0.481 e. The molecule has 0 aliphatic carbocycles. The van der Waals surface area contributed by atoms with Gasteiger partial charge in [-0.15, -0.1) is 0 Å². The maximum absolute atomic E-state index is 11.1. The van der Waals surface area contributed by atoms with Crippen LogP contribution in [0.1, 0.15) is 12.8 Å². The first-order valence-corrected chi connectivity index (χ1v) is 6.35. The number of carboxylic acids is 1. The monoisotopic (exact) mass is 221 g/mol. The van der Waals surface area contributed by atoms with Crippen LogP contribution in [0.5, 0.6) is 0 Å². The third kappa shape index (κ3) is 3.26. The zero-order valence-corrected chi connectivity index (χ0v) is 8.96. The summed E-state index contributed by atoms with van der Waals surface area (Å²) in [5.41, 5.74) is 0. The van der Waals surface area contributed by atoms with E-state index in [1.165, 1.54) is 0 Å². The summed E-state index contributed by atoms with van der Waals surface area (Å²) in [5.74, 6) is -0.448. The van der Waals surface area contributed by atoms with Gasteiger partial charge in [0.25, 0.3) is 0 Å². The number of carbonyl (C=O) groups is 1. The molecule has 1 aliphatic heterocycles. The van der Waals surface area contributed by atoms with Crippen molar-refractivity contribution < 1.29 is 18.3 Å². The van der Waals surface area contributed by atoms with Crippen LogP contribution in [0, 0.1) is 0 Å². The lowest BCUT2D eigenvalue weighted by atomic mass is 10.2. The number of rotatable bonds is 4. The molecule has 0 aromatic rings. The lowest BCUT2D eigenvalue weighted by molar-refractivity contribution is -0.137. The first-order chi connectivity index (χ1) is 6.41. The maximum atomic E-state index is 11.1. The van der Waals surface area contributed by atoms with Crippen molar-refractivity contribution in [2.45, 2.75) is 18.9 Å². The smallest absolute Gasteiger partial charge is 0.304 e. The maximum Gasteiger partial charge on any atom is 0.304 e. The minimum atomic E-state index is -2.87. The highest BCUT2D eigenvalue weighted by Crippen LogP contribution is 2.16. The molecule has 0 unspecified atom stereocenters. The lowest BCUT2D eigenvalue weighted by Gasteiger charge is -2.21. The number of hydrogen-bond donors (Lipinski definition) is 1. The Morgan fingerprint density at radius 3 is 2.64 bits per heavy atom. The molecule has 1 heterocycles.